The number of benzene rings is 2. The van der Waals surface area contributed by atoms with Crippen LogP contribution in [0.5, 0.6) is 5.75 Å². The summed E-state index contributed by atoms with van der Waals surface area (Å²) in [6.07, 6.45) is 1.70. The number of nitriles is 1. The van der Waals surface area contributed by atoms with Gasteiger partial charge in [-0.3, -0.25) is 4.79 Å². The number of hydrogen-bond acceptors (Lipinski definition) is 4. The van der Waals surface area contributed by atoms with Crippen molar-refractivity contribution in [1.29, 1.82) is 5.26 Å². The normalized spacial score (nSPS) is 18.1. The molecule has 2 aromatic carbocycles. The van der Waals surface area contributed by atoms with E-state index >= 15 is 0 Å². The Bertz CT molecular complexity index is 936. The fourth-order valence-corrected chi connectivity index (χ4v) is 2.87. The van der Waals surface area contributed by atoms with Crippen LogP contribution in [0.1, 0.15) is 16.7 Å². The Kier molecular flexibility index (Phi) is 5.19. The highest BCUT2D eigenvalue weighted by Crippen LogP contribution is 2.28. The molecule has 1 amide bonds. The van der Waals surface area contributed by atoms with Crippen molar-refractivity contribution in [2.75, 3.05) is 0 Å². The quantitative estimate of drug-likeness (QED) is 0.776. The number of amidine groups is 1. The highest BCUT2D eigenvalue weighted by molar-refractivity contribution is 9.10. The van der Waals surface area contributed by atoms with Crippen LogP contribution in [0.25, 0.3) is 0 Å². The van der Waals surface area contributed by atoms with Crippen molar-refractivity contribution in [3.8, 4) is 11.8 Å². The van der Waals surface area contributed by atoms with E-state index in [1.807, 2.05) is 32.0 Å². The number of nitrogens with one attached hydrogen (secondary N) is 1. The molecule has 2 aromatic rings. The van der Waals surface area contributed by atoms with Crippen molar-refractivity contribution < 1.29 is 9.53 Å². The lowest BCUT2D eigenvalue weighted by Crippen LogP contribution is -2.41. The number of nitrogens with zero attached hydrogens (tertiary/aromatic N) is 2. The molecule has 1 aliphatic rings. The zero-order chi connectivity index (χ0) is 18.7. The molecule has 1 atom stereocenters. The maximum atomic E-state index is 12.3. The van der Waals surface area contributed by atoms with Gasteiger partial charge in [0.15, 0.2) is 4.83 Å². The molecule has 0 spiro atoms. The van der Waals surface area contributed by atoms with E-state index in [1.165, 1.54) is 0 Å². The van der Waals surface area contributed by atoms with Gasteiger partial charge in [0.05, 0.1) is 17.3 Å². The second-order valence-electron chi connectivity index (χ2n) is 5.88. The summed E-state index contributed by atoms with van der Waals surface area (Å²) in [5.41, 5.74) is 3.16. The van der Waals surface area contributed by atoms with Crippen LogP contribution in [0.4, 0.5) is 5.69 Å². The van der Waals surface area contributed by atoms with Gasteiger partial charge < -0.3 is 10.1 Å². The van der Waals surface area contributed by atoms with Gasteiger partial charge in [0.25, 0.3) is 0 Å². The first-order chi connectivity index (χ1) is 12.5. The van der Waals surface area contributed by atoms with Crippen molar-refractivity contribution in [3.63, 3.8) is 0 Å². The largest absolute Gasteiger partial charge is 0.459 e. The highest BCUT2D eigenvalue weighted by atomic mass is 79.9. The van der Waals surface area contributed by atoms with Gasteiger partial charge in [0, 0.05) is 6.08 Å². The Morgan fingerprint density at radius 1 is 1.15 bits per heavy atom. The Morgan fingerprint density at radius 3 is 2.42 bits per heavy atom. The number of rotatable bonds is 3. The third-order valence-electron chi connectivity index (χ3n) is 3.88. The number of amides is 1. The summed E-state index contributed by atoms with van der Waals surface area (Å²) in [6.45, 7) is 3.92. The predicted molar refractivity (Wildman–Crippen MR) is 104 cm³/mol. The molecule has 0 saturated carbocycles. The standard InChI is InChI=1S/C20H16BrN3O2/c1-12-4-3-5-13(2)19(12)26-16-10-17(24-20(25)18(16)21)23-15-8-6-14(11-22)7-9-15/h3-10,18H,1-2H3,(H,23,24,25). The van der Waals surface area contributed by atoms with Gasteiger partial charge >= 0.3 is 0 Å². The first-order valence-corrected chi connectivity index (χ1v) is 8.89. The Hall–Kier alpha value is -2.91. The number of ether oxygens (including phenoxy) is 1. The fraction of sp³-hybridized carbons (Fsp3) is 0.150. The van der Waals surface area contributed by atoms with Gasteiger partial charge in [-0.1, -0.05) is 34.1 Å². The van der Waals surface area contributed by atoms with E-state index in [1.54, 1.807) is 30.3 Å². The summed E-state index contributed by atoms with van der Waals surface area (Å²) in [5.74, 6) is 1.34. The molecule has 1 unspecified atom stereocenters. The summed E-state index contributed by atoms with van der Waals surface area (Å²) in [7, 11) is 0. The molecule has 1 N–H and O–H groups in total. The van der Waals surface area contributed by atoms with Gasteiger partial charge in [-0.2, -0.15) is 5.26 Å². The summed E-state index contributed by atoms with van der Waals surface area (Å²) < 4.78 is 6.03. The van der Waals surface area contributed by atoms with E-state index in [2.05, 4.69) is 32.3 Å². The summed E-state index contributed by atoms with van der Waals surface area (Å²) in [4.78, 5) is 16.1. The topological polar surface area (TPSA) is 74.5 Å². The zero-order valence-corrected chi connectivity index (χ0v) is 15.9. The van der Waals surface area contributed by atoms with Crippen LogP contribution in [0.3, 0.4) is 0 Å². The molecule has 1 heterocycles. The van der Waals surface area contributed by atoms with Gasteiger partial charge in [-0.25, -0.2) is 4.99 Å². The van der Waals surface area contributed by atoms with E-state index in [4.69, 9.17) is 10.00 Å². The third kappa shape index (κ3) is 3.84. The molecule has 1 aliphatic heterocycles. The molecular formula is C20H16BrN3O2. The molecule has 130 valence electrons. The van der Waals surface area contributed by atoms with Crippen molar-refractivity contribution >= 4 is 33.4 Å². The van der Waals surface area contributed by atoms with Crippen LogP contribution < -0.4 is 10.1 Å². The van der Waals surface area contributed by atoms with Gasteiger partial charge in [0.1, 0.15) is 17.3 Å². The maximum absolute atomic E-state index is 12.3. The van der Waals surface area contributed by atoms with Gasteiger partial charge in [0.2, 0.25) is 5.91 Å². The molecular weight excluding hydrogens is 394 g/mol. The Labute approximate surface area is 160 Å². The van der Waals surface area contributed by atoms with Gasteiger partial charge in [-0.15, -0.1) is 0 Å². The van der Waals surface area contributed by atoms with Crippen molar-refractivity contribution in [3.05, 3.63) is 71.0 Å². The smallest absolute Gasteiger partial charge is 0.247 e. The average molecular weight is 410 g/mol. The van der Waals surface area contributed by atoms with Crippen LogP contribution in [0, 0.1) is 25.2 Å². The minimum Gasteiger partial charge on any atom is -0.459 e. The number of para-hydroxylation sites is 1. The van der Waals surface area contributed by atoms with Gasteiger partial charge in [-0.05, 0) is 49.2 Å². The summed E-state index contributed by atoms with van der Waals surface area (Å²) in [5, 5.41) is 11.6. The molecule has 26 heavy (non-hydrogen) atoms. The SMILES string of the molecule is Cc1cccc(C)c1OC1=CC(=Nc2ccc(C#N)cc2)NC(=O)C1Br. The lowest BCUT2D eigenvalue weighted by molar-refractivity contribution is -0.119. The zero-order valence-electron chi connectivity index (χ0n) is 14.3. The molecule has 0 fully saturated rings. The summed E-state index contributed by atoms with van der Waals surface area (Å²) >= 11 is 3.36. The molecule has 0 aliphatic carbocycles. The number of aryl methyl sites for hydroxylation is 2. The lowest BCUT2D eigenvalue weighted by Gasteiger charge is -2.22. The van der Waals surface area contributed by atoms with E-state index in [9.17, 15) is 4.79 Å². The molecule has 0 bridgehead atoms. The summed E-state index contributed by atoms with van der Waals surface area (Å²) in [6, 6.07) is 14.7. The Balaban J connectivity index is 1.94. The average Bonchev–Trinajstić information content (AvgIpc) is 2.63. The number of halogens is 1. The van der Waals surface area contributed by atoms with E-state index in [0.29, 0.717) is 22.8 Å². The molecule has 6 heteroatoms. The van der Waals surface area contributed by atoms with Crippen LogP contribution in [-0.2, 0) is 4.79 Å². The number of carbonyl (C=O) groups is 1. The third-order valence-corrected chi connectivity index (χ3v) is 4.75. The lowest BCUT2D eigenvalue weighted by atomic mass is 10.1. The first-order valence-electron chi connectivity index (χ1n) is 7.97. The van der Waals surface area contributed by atoms with Crippen LogP contribution >= 0.6 is 15.9 Å². The molecule has 5 nitrogen and oxygen atoms in total. The first kappa shape index (κ1) is 17.9. The van der Waals surface area contributed by atoms with Crippen LogP contribution in [0.2, 0.25) is 0 Å². The van der Waals surface area contributed by atoms with E-state index < -0.39 is 4.83 Å². The van der Waals surface area contributed by atoms with Crippen molar-refractivity contribution in [1.82, 2.24) is 5.32 Å². The Morgan fingerprint density at radius 2 is 1.81 bits per heavy atom. The van der Waals surface area contributed by atoms with Crippen LogP contribution in [-0.4, -0.2) is 16.6 Å². The van der Waals surface area contributed by atoms with E-state index in [0.717, 1.165) is 16.9 Å². The number of aliphatic imine (C=N–C) groups is 1. The molecule has 0 aromatic heterocycles. The number of carbonyl (C=O) groups excluding carboxylic acids is 1. The number of hydrogen-bond donors (Lipinski definition) is 1. The minimum atomic E-state index is -0.596. The molecule has 0 radical (unpaired) electrons. The van der Waals surface area contributed by atoms with Crippen LogP contribution in [0.15, 0.2) is 59.3 Å². The molecule has 0 saturated heterocycles. The van der Waals surface area contributed by atoms with Crippen molar-refractivity contribution in [2.45, 2.75) is 18.7 Å². The van der Waals surface area contributed by atoms with Crippen molar-refractivity contribution in [2.24, 2.45) is 4.99 Å². The highest BCUT2D eigenvalue weighted by Gasteiger charge is 2.28. The molecule has 3 rings (SSSR count). The van der Waals surface area contributed by atoms with E-state index in [-0.39, 0.29) is 5.91 Å². The second kappa shape index (κ2) is 7.54. The monoisotopic (exact) mass is 409 g/mol. The second-order valence-corrected chi connectivity index (χ2v) is 6.79. The minimum absolute atomic E-state index is 0.249. The fourth-order valence-electron chi connectivity index (χ4n) is 2.53. The maximum Gasteiger partial charge on any atom is 0.247 e. The predicted octanol–water partition coefficient (Wildman–Crippen LogP) is 4.06. The number of alkyl halides is 1.